The van der Waals surface area contributed by atoms with Gasteiger partial charge in [0.2, 0.25) is 0 Å². The fourth-order valence-corrected chi connectivity index (χ4v) is 1.75. The van der Waals surface area contributed by atoms with Crippen LogP contribution in [0, 0.1) is 17.6 Å². The Balaban J connectivity index is 2.56. The SMILES string of the molecule is CC(C)(C)OC(=O)NCC(CO)Cc1cc(F)ccc1F. The van der Waals surface area contributed by atoms with Crippen molar-refractivity contribution < 1.29 is 23.4 Å². The zero-order chi connectivity index (χ0) is 16.0. The molecule has 0 bridgehead atoms. The molecule has 4 nitrogen and oxygen atoms in total. The van der Waals surface area contributed by atoms with Crippen molar-refractivity contribution in [3.05, 3.63) is 35.4 Å². The van der Waals surface area contributed by atoms with E-state index in [2.05, 4.69) is 5.32 Å². The molecule has 0 aliphatic heterocycles. The number of amides is 1. The number of carbonyl (C=O) groups excluding carboxylic acids is 1. The molecule has 1 amide bonds. The fourth-order valence-electron chi connectivity index (χ4n) is 1.75. The maximum atomic E-state index is 13.5. The van der Waals surface area contributed by atoms with Crippen molar-refractivity contribution in [2.45, 2.75) is 32.8 Å². The average molecular weight is 301 g/mol. The van der Waals surface area contributed by atoms with E-state index in [1.807, 2.05) is 0 Å². The summed E-state index contributed by atoms with van der Waals surface area (Å²) in [6.45, 7) is 5.06. The Kier molecular flexibility index (Phi) is 6.08. The lowest BCUT2D eigenvalue weighted by Crippen LogP contribution is -2.36. The highest BCUT2D eigenvalue weighted by Crippen LogP contribution is 2.14. The number of ether oxygens (including phenoxy) is 1. The number of aliphatic hydroxyl groups excluding tert-OH is 1. The molecule has 1 atom stereocenters. The topological polar surface area (TPSA) is 58.6 Å². The predicted octanol–water partition coefficient (Wildman–Crippen LogP) is 2.64. The van der Waals surface area contributed by atoms with Gasteiger partial charge >= 0.3 is 6.09 Å². The lowest BCUT2D eigenvalue weighted by molar-refractivity contribution is 0.0512. The predicted molar refractivity (Wildman–Crippen MR) is 74.9 cm³/mol. The molecule has 0 heterocycles. The van der Waals surface area contributed by atoms with E-state index in [0.29, 0.717) is 0 Å². The van der Waals surface area contributed by atoms with E-state index in [-0.39, 0.29) is 25.1 Å². The zero-order valence-corrected chi connectivity index (χ0v) is 12.5. The van der Waals surface area contributed by atoms with Crippen molar-refractivity contribution in [2.75, 3.05) is 13.2 Å². The monoisotopic (exact) mass is 301 g/mol. The molecule has 118 valence electrons. The highest BCUT2D eigenvalue weighted by molar-refractivity contribution is 5.67. The van der Waals surface area contributed by atoms with Crippen LogP contribution in [0.3, 0.4) is 0 Å². The molecular formula is C15H21F2NO3. The first-order chi connectivity index (χ1) is 9.71. The highest BCUT2D eigenvalue weighted by Gasteiger charge is 2.18. The van der Waals surface area contributed by atoms with Gasteiger partial charge in [-0.3, -0.25) is 0 Å². The minimum absolute atomic E-state index is 0.112. The summed E-state index contributed by atoms with van der Waals surface area (Å²) in [6.07, 6.45) is -0.490. The lowest BCUT2D eigenvalue weighted by atomic mass is 9.99. The maximum Gasteiger partial charge on any atom is 0.407 e. The molecule has 0 radical (unpaired) electrons. The second kappa shape index (κ2) is 7.36. The minimum Gasteiger partial charge on any atom is -0.444 e. The zero-order valence-electron chi connectivity index (χ0n) is 12.5. The van der Waals surface area contributed by atoms with Crippen LogP contribution in [0.5, 0.6) is 0 Å². The van der Waals surface area contributed by atoms with Crippen LogP contribution < -0.4 is 5.32 Å². The standard InChI is InChI=1S/C15H21F2NO3/c1-15(2,3)21-14(20)18-8-10(9-19)6-11-7-12(16)4-5-13(11)17/h4-5,7,10,19H,6,8-9H2,1-3H3,(H,18,20). The highest BCUT2D eigenvalue weighted by atomic mass is 19.1. The van der Waals surface area contributed by atoms with Crippen molar-refractivity contribution in [1.29, 1.82) is 0 Å². The third-order valence-electron chi connectivity index (χ3n) is 2.71. The minimum atomic E-state index is -0.618. The van der Waals surface area contributed by atoms with Gasteiger partial charge < -0.3 is 15.2 Å². The molecular weight excluding hydrogens is 280 g/mol. The summed E-state index contributed by atoms with van der Waals surface area (Å²) in [7, 11) is 0. The molecule has 1 aromatic carbocycles. The number of aliphatic hydroxyl groups is 1. The van der Waals surface area contributed by atoms with Gasteiger partial charge in [-0.05, 0) is 51.0 Å². The number of alkyl carbamates (subject to hydrolysis) is 1. The Hall–Kier alpha value is -1.69. The second-order valence-corrected chi connectivity index (χ2v) is 5.87. The van der Waals surface area contributed by atoms with Gasteiger partial charge in [-0.1, -0.05) is 0 Å². The van der Waals surface area contributed by atoms with Crippen molar-refractivity contribution in [1.82, 2.24) is 5.32 Å². The normalized spacial score (nSPS) is 12.9. The van der Waals surface area contributed by atoms with Crippen molar-refractivity contribution in [3.63, 3.8) is 0 Å². The molecule has 0 fully saturated rings. The van der Waals surface area contributed by atoms with E-state index >= 15 is 0 Å². The number of benzene rings is 1. The molecule has 0 saturated carbocycles. The number of halogens is 2. The third kappa shape index (κ3) is 6.53. The smallest absolute Gasteiger partial charge is 0.407 e. The first-order valence-corrected chi connectivity index (χ1v) is 6.73. The first kappa shape index (κ1) is 17.4. The summed E-state index contributed by atoms with van der Waals surface area (Å²) in [5.74, 6) is -1.50. The summed E-state index contributed by atoms with van der Waals surface area (Å²) in [5, 5.41) is 11.8. The van der Waals surface area contributed by atoms with Crippen LogP contribution in [-0.2, 0) is 11.2 Å². The van der Waals surface area contributed by atoms with E-state index in [9.17, 15) is 18.7 Å². The van der Waals surface area contributed by atoms with E-state index in [4.69, 9.17) is 4.74 Å². The number of hydrogen-bond donors (Lipinski definition) is 2. The van der Waals surface area contributed by atoms with Gasteiger partial charge in [0.25, 0.3) is 0 Å². The molecule has 6 heteroatoms. The van der Waals surface area contributed by atoms with Crippen LogP contribution in [0.25, 0.3) is 0 Å². The summed E-state index contributed by atoms with van der Waals surface area (Å²) in [6, 6.07) is 3.16. The molecule has 21 heavy (non-hydrogen) atoms. The number of carbonyl (C=O) groups is 1. The number of hydrogen-bond acceptors (Lipinski definition) is 3. The van der Waals surface area contributed by atoms with Gasteiger partial charge in [0.05, 0.1) is 0 Å². The van der Waals surface area contributed by atoms with E-state index in [1.54, 1.807) is 20.8 Å². The Labute approximate surface area is 123 Å². The van der Waals surface area contributed by atoms with Gasteiger partial charge in [0.15, 0.2) is 0 Å². The van der Waals surface area contributed by atoms with Crippen molar-refractivity contribution in [3.8, 4) is 0 Å². The number of nitrogens with one attached hydrogen (secondary N) is 1. The molecule has 0 saturated heterocycles. The molecule has 1 unspecified atom stereocenters. The van der Waals surface area contributed by atoms with Crippen LogP contribution in [0.2, 0.25) is 0 Å². The Morgan fingerprint density at radius 2 is 2.05 bits per heavy atom. The van der Waals surface area contributed by atoms with Crippen molar-refractivity contribution in [2.24, 2.45) is 5.92 Å². The molecule has 1 aromatic rings. The Bertz CT molecular complexity index is 486. The molecule has 1 rings (SSSR count). The van der Waals surface area contributed by atoms with Gasteiger partial charge in [0, 0.05) is 19.1 Å². The summed E-state index contributed by atoms with van der Waals surface area (Å²) in [4.78, 5) is 11.5. The number of rotatable bonds is 5. The maximum absolute atomic E-state index is 13.5. The van der Waals surface area contributed by atoms with E-state index in [1.165, 1.54) is 0 Å². The lowest BCUT2D eigenvalue weighted by Gasteiger charge is -2.21. The van der Waals surface area contributed by atoms with Crippen LogP contribution in [0.1, 0.15) is 26.3 Å². The third-order valence-corrected chi connectivity index (χ3v) is 2.71. The largest absolute Gasteiger partial charge is 0.444 e. The molecule has 0 spiro atoms. The molecule has 0 aromatic heterocycles. The van der Waals surface area contributed by atoms with Gasteiger partial charge in [0.1, 0.15) is 17.2 Å². The van der Waals surface area contributed by atoms with Gasteiger partial charge in [-0.25, -0.2) is 13.6 Å². The van der Waals surface area contributed by atoms with Crippen LogP contribution >= 0.6 is 0 Å². The second-order valence-electron chi connectivity index (χ2n) is 5.87. The Morgan fingerprint density at radius 1 is 1.38 bits per heavy atom. The Morgan fingerprint density at radius 3 is 2.62 bits per heavy atom. The van der Waals surface area contributed by atoms with Gasteiger partial charge in [-0.15, -0.1) is 0 Å². The summed E-state index contributed by atoms with van der Waals surface area (Å²) >= 11 is 0. The first-order valence-electron chi connectivity index (χ1n) is 6.73. The molecule has 2 N–H and O–H groups in total. The quantitative estimate of drug-likeness (QED) is 0.879. The molecule has 0 aliphatic carbocycles. The van der Waals surface area contributed by atoms with Gasteiger partial charge in [-0.2, -0.15) is 0 Å². The van der Waals surface area contributed by atoms with Crippen LogP contribution in [0.15, 0.2) is 18.2 Å². The summed E-state index contributed by atoms with van der Waals surface area (Å²) < 4.78 is 31.7. The van der Waals surface area contributed by atoms with Crippen LogP contribution in [0.4, 0.5) is 13.6 Å². The summed E-state index contributed by atoms with van der Waals surface area (Å²) in [5.41, 5.74) is -0.451. The van der Waals surface area contributed by atoms with E-state index < -0.39 is 29.2 Å². The van der Waals surface area contributed by atoms with Crippen LogP contribution in [-0.4, -0.2) is 30.0 Å². The van der Waals surface area contributed by atoms with E-state index in [0.717, 1.165) is 18.2 Å². The molecule has 0 aliphatic rings. The van der Waals surface area contributed by atoms with Crippen molar-refractivity contribution >= 4 is 6.09 Å². The fraction of sp³-hybridized carbons (Fsp3) is 0.533. The average Bonchev–Trinajstić information content (AvgIpc) is 2.36.